The van der Waals surface area contributed by atoms with Gasteiger partial charge in [0.05, 0.1) is 12.6 Å². The van der Waals surface area contributed by atoms with Crippen LogP contribution in [0.2, 0.25) is 0 Å². The van der Waals surface area contributed by atoms with Gasteiger partial charge in [0.15, 0.2) is 0 Å². The summed E-state index contributed by atoms with van der Waals surface area (Å²) >= 11 is 0. The highest BCUT2D eigenvalue weighted by Gasteiger charge is 2.37. The van der Waals surface area contributed by atoms with Crippen LogP contribution in [0.15, 0.2) is 5.11 Å². The van der Waals surface area contributed by atoms with E-state index in [2.05, 4.69) is 15.3 Å². The third-order valence-corrected chi connectivity index (χ3v) is 3.74. The summed E-state index contributed by atoms with van der Waals surface area (Å²) in [5, 5.41) is 16.3. The predicted octanol–water partition coefficient (Wildman–Crippen LogP) is 1.49. The van der Waals surface area contributed by atoms with Crippen LogP contribution >= 0.6 is 0 Å². The highest BCUT2D eigenvalue weighted by molar-refractivity contribution is 5.83. The number of β-amino-alcohol motifs (C(OH)–C–C–N with tert-alkyl or cyclic N) is 1. The van der Waals surface area contributed by atoms with Crippen molar-refractivity contribution in [2.75, 3.05) is 32.7 Å². The molecular weight excluding hydrogens is 352 g/mol. The molecule has 10 nitrogen and oxygen atoms in total. The van der Waals surface area contributed by atoms with Gasteiger partial charge in [-0.15, -0.1) is 0 Å². The number of hydrogen-bond acceptors (Lipinski definition) is 6. The van der Waals surface area contributed by atoms with Crippen LogP contribution in [0.1, 0.15) is 41.5 Å². The molecule has 27 heavy (non-hydrogen) atoms. The van der Waals surface area contributed by atoms with Gasteiger partial charge in [-0.2, -0.15) is 0 Å². The normalized spacial score (nSPS) is 19.8. The van der Waals surface area contributed by atoms with Gasteiger partial charge in [-0.1, -0.05) is 5.11 Å². The number of azide groups is 1. The standard InChI is InChI=1S/C17H32N6O4/c1-16(2,3)20-14(25)13-11-23(15(26)27-17(4,5)6)8-7-22(13)10-12(24)9-19-21-18/h12-13,24H,7-11H2,1-6H3,(H,20,25)/t12-,13+/m1/s1. The Kier molecular flexibility index (Phi) is 7.89. The molecule has 1 rings (SSSR count). The SMILES string of the molecule is CC(C)(C)NC(=O)[C@@H]1CN(C(=O)OC(C)(C)C)CCN1C[C@H](O)CN=[N+]=[N-]. The van der Waals surface area contributed by atoms with Crippen LogP contribution in [0, 0.1) is 0 Å². The van der Waals surface area contributed by atoms with Gasteiger partial charge in [0.1, 0.15) is 11.6 Å². The number of amides is 2. The molecule has 0 aromatic heterocycles. The molecule has 0 radical (unpaired) electrons. The van der Waals surface area contributed by atoms with Crippen LogP contribution in [0.25, 0.3) is 10.4 Å². The number of aliphatic hydroxyl groups excluding tert-OH is 1. The Balaban J connectivity index is 2.90. The molecule has 1 aliphatic rings. The second-order valence-corrected chi connectivity index (χ2v) is 8.74. The lowest BCUT2D eigenvalue weighted by molar-refractivity contribution is -0.130. The lowest BCUT2D eigenvalue weighted by Crippen LogP contribution is -2.63. The Labute approximate surface area is 160 Å². The minimum Gasteiger partial charge on any atom is -0.444 e. The first-order chi connectivity index (χ1) is 12.3. The first-order valence-electron chi connectivity index (χ1n) is 9.05. The molecule has 0 saturated carbocycles. The molecular formula is C17H32N6O4. The van der Waals surface area contributed by atoms with Gasteiger partial charge in [0, 0.05) is 36.6 Å². The van der Waals surface area contributed by atoms with E-state index in [1.807, 2.05) is 20.8 Å². The summed E-state index contributed by atoms with van der Waals surface area (Å²) in [4.78, 5) is 31.1. The second-order valence-electron chi connectivity index (χ2n) is 8.74. The molecule has 2 N–H and O–H groups in total. The number of nitrogens with zero attached hydrogens (tertiary/aromatic N) is 5. The van der Waals surface area contributed by atoms with E-state index < -0.39 is 29.4 Å². The van der Waals surface area contributed by atoms with E-state index in [1.165, 1.54) is 4.90 Å². The topological polar surface area (TPSA) is 131 Å². The molecule has 0 aromatic carbocycles. The Morgan fingerprint density at radius 1 is 1.30 bits per heavy atom. The van der Waals surface area contributed by atoms with Gasteiger partial charge in [0.2, 0.25) is 5.91 Å². The Morgan fingerprint density at radius 2 is 1.93 bits per heavy atom. The molecule has 0 aliphatic carbocycles. The summed E-state index contributed by atoms with van der Waals surface area (Å²) in [6.45, 7) is 12.0. The summed E-state index contributed by atoms with van der Waals surface area (Å²) in [5.74, 6) is -0.230. The molecule has 0 aromatic rings. The van der Waals surface area contributed by atoms with Gasteiger partial charge in [0.25, 0.3) is 0 Å². The van der Waals surface area contributed by atoms with Crippen LogP contribution in [-0.2, 0) is 9.53 Å². The highest BCUT2D eigenvalue weighted by atomic mass is 16.6. The zero-order chi connectivity index (χ0) is 20.8. The summed E-state index contributed by atoms with van der Waals surface area (Å²) in [6, 6.07) is -0.633. The van der Waals surface area contributed by atoms with Crippen molar-refractivity contribution in [3.63, 3.8) is 0 Å². The van der Waals surface area contributed by atoms with E-state index in [0.717, 1.165) is 0 Å². The molecule has 0 bridgehead atoms. The van der Waals surface area contributed by atoms with Crippen molar-refractivity contribution in [2.24, 2.45) is 5.11 Å². The summed E-state index contributed by atoms with van der Waals surface area (Å²) < 4.78 is 5.41. The maximum Gasteiger partial charge on any atom is 0.410 e. The molecule has 1 fully saturated rings. The molecule has 10 heteroatoms. The van der Waals surface area contributed by atoms with E-state index in [1.54, 1.807) is 25.7 Å². The number of aliphatic hydroxyl groups is 1. The fraction of sp³-hybridized carbons (Fsp3) is 0.882. The van der Waals surface area contributed by atoms with Crippen LogP contribution in [-0.4, -0.2) is 82.9 Å². The van der Waals surface area contributed by atoms with Gasteiger partial charge in [-0.05, 0) is 47.1 Å². The van der Waals surface area contributed by atoms with E-state index in [-0.39, 0.29) is 25.5 Å². The maximum atomic E-state index is 12.8. The molecule has 2 amide bonds. The lowest BCUT2D eigenvalue weighted by Gasteiger charge is -2.42. The zero-order valence-corrected chi connectivity index (χ0v) is 17.1. The predicted molar refractivity (Wildman–Crippen MR) is 101 cm³/mol. The molecule has 154 valence electrons. The summed E-state index contributed by atoms with van der Waals surface area (Å²) in [6.07, 6.45) is -1.36. The fourth-order valence-electron chi connectivity index (χ4n) is 2.69. The number of carbonyl (C=O) groups excluding carboxylic acids is 2. The Morgan fingerprint density at radius 3 is 2.44 bits per heavy atom. The highest BCUT2D eigenvalue weighted by Crippen LogP contribution is 2.16. The lowest BCUT2D eigenvalue weighted by atomic mass is 10.1. The average Bonchev–Trinajstić information content (AvgIpc) is 2.49. The summed E-state index contributed by atoms with van der Waals surface area (Å²) in [5.41, 5.74) is 7.34. The van der Waals surface area contributed by atoms with Gasteiger partial charge in [-0.25, -0.2) is 4.79 Å². The minimum absolute atomic E-state index is 0.0730. The van der Waals surface area contributed by atoms with Crippen molar-refractivity contribution in [3.8, 4) is 0 Å². The molecule has 0 unspecified atom stereocenters. The van der Waals surface area contributed by atoms with E-state index in [9.17, 15) is 14.7 Å². The molecule has 1 aliphatic heterocycles. The summed E-state index contributed by atoms with van der Waals surface area (Å²) in [7, 11) is 0. The number of rotatable bonds is 5. The maximum absolute atomic E-state index is 12.8. The Bertz CT molecular complexity index is 577. The van der Waals surface area contributed by atoms with Gasteiger partial charge >= 0.3 is 6.09 Å². The van der Waals surface area contributed by atoms with E-state index >= 15 is 0 Å². The number of piperazine rings is 1. The minimum atomic E-state index is -0.890. The van der Waals surface area contributed by atoms with Crippen molar-refractivity contribution in [3.05, 3.63) is 10.4 Å². The Hall–Kier alpha value is -2.03. The van der Waals surface area contributed by atoms with E-state index in [4.69, 9.17) is 10.3 Å². The molecule has 1 heterocycles. The molecule has 1 saturated heterocycles. The molecule has 0 spiro atoms. The van der Waals surface area contributed by atoms with Crippen molar-refractivity contribution < 1.29 is 19.4 Å². The number of ether oxygens (including phenoxy) is 1. The largest absolute Gasteiger partial charge is 0.444 e. The smallest absolute Gasteiger partial charge is 0.410 e. The van der Waals surface area contributed by atoms with Crippen LogP contribution < -0.4 is 5.32 Å². The first kappa shape index (κ1) is 23.0. The fourth-order valence-corrected chi connectivity index (χ4v) is 2.69. The zero-order valence-electron chi connectivity index (χ0n) is 17.1. The van der Waals surface area contributed by atoms with Crippen molar-refractivity contribution in [1.29, 1.82) is 0 Å². The van der Waals surface area contributed by atoms with Crippen LogP contribution in [0.3, 0.4) is 0 Å². The van der Waals surface area contributed by atoms with E-state index in [0.29, 0.717) is 13.1 Å². The number of carbonyl (C=O) groups is 2. The quantitative estimate of drug-likeness (QED) is 0.421. The third-order valence-electron chi connectivity index (χ3n) is 3.74. The van der Waals surface area contributed by atoms with Gasteiger partial charge in [-0.3, -0.25) is 9.69 Å². The van der Waals surface area contributed by atoms with Gasteiger partial charge < -0.3 is 20.1 Å². The average molecular weight is 384 g/mol. The van der Waals surface area contributed by atoms with Crippen molar-refractivity contribution >= 4 is 12.0 Å². The van der Waals surface area contributed by atoms with Crippen LogP contribution in [0.4, 0.5) is 4.79 Å². The first-order valence-corrected chi connectivity index (χ1v) is 9.05. The van der Waals surface area contributed by atoms with Crippen molar-refractivity contribution in [1.82, 2.24) is 15.1 Å². The van der Waals surface area contributed by atoms with Crippen molar-refractivity contribution in [2.45, 2.75) is 64.8 Å². The monoisotopic (exact) mass is 384 g/mol. The van der Waals surface area contributed by atoms with Crippen LogP contribution in [0.5, 0.6) is 0 Å². The second kappa shape index (κ2) is 9.25. The molecule has 2 atom stereocenters. The number of nitrogens with one attached hydrogen (secondary N) is 1. The third kappa shape index (κ3) is 8.47. The number of hydrogen-bond donors (Lipinski definition) is 2.